The van der Waals surface area contributed by atoms with Crippen molar-refractivity contribution >= 4 is 21.7 Å². The van der Waals surface area contributed by atoms with Crippen molar-refractivity contribution in [3.8, 4) is 17.0 Å². The molecule has 4 aromatic rings. The van der Waals surface area contributed by atoms with Crippen molar-refractivity contribution in [2.24, 2.45) is 7.05 Å². The van der Waals surface area contributed by atoms with E-state index in [-0.39, 0.29) is 12.4 Å². The van der Waals surface area contributed by atoms with Gasteiger partial charge in [-0.15, -0.1) is 0 Å². The number of benzene rings is 3. The Labute approximate surface area is 146 Å². The molecule has 0 radical (unpaired) electrons. The third-order valence-electron chi connectivity index (χ3n) is 4.94. The number of rotatable bonds is 4. The summed E-state index contributed by atoms with van der Waals surface area (Å²) < 4.78 is 2.16. The summed E-state index contributed by atoms with van der Waals surface area (Å²) in [5.41, 5.74) is 4.21. The third kappa shape index (κ3) is 2.48. The van der Waals surface area contributed by atoms with Crippen molar-refractivity contribution in [1.29, 1.82) is 0 Å². The zero-order valence-electron chi connectivity index (χ0n) is 14.2. The number of hydrogen-bond acceptors (Lipinski definition) is 2. The molecule has 4 rings (SSSR count). The standard InChI is InChI=1S/C22H21NO2/c1-23-19-11-5-4-9-17(19)18(10-6-14-24)22(23)21-16-8-3-2-7-15(16)12-13-20(21)25/h2-5,7-9,11-13,24-25H,6,10,14H2,1H3. The van der Waals surface area contributed by atoms with Gasteiger partial charge < -0.3 is 14.8 Å². The lowest BCUT2D eigenvalue weighted by Gasteiger charge is -2.13. The Hall–Kier alpha value is -2.78. The fourth-order valence-electron chi connectivity index (χ4n) is 3.81. The monoisotopic (exact) mass is 331 g/mol. The van der Waals surface area contributed by atoms with Crippen LogP contribution in [0.25, 0.3) is 32.9 Å². The van der Waals surface area contributed by atoms with E-state index in [9.17, 15) is 10.2 Å². The van der Waals surface area contributed by atoms with E-state index in [1.54, 1.807) is 6.07 Å². The molecule has 126 valence electrons. The number of phenols is 1. The maximum absolute atomic E-state index is 10.7. The minimum atomic E-state index is 0.157. The second kappa shape index (κ2) is 6.26. The van der Waals surface area contributed by atoms with Gasteiger partial charge in [0.25, 0.3) is 0 Å². The summed E-state index contributed by atoms with van der Waals surface area (Å²) in [7, 11) is 2.04. The summed E-state index contributed by atoms with van der Waals surface area (Å²) in [5.74, 6) is 0.287. The van der Waals surface area contributed by atoms with E-state index in [2.05, 4.69) is 28.8 Å². The number of nitrogens with zero attached hydrogens (tertiary/aromatic N) is 1. The lowest BCUT2D eigenvalue weighted by molar-refractivity contribution is 0.289. The Morgan fingerprint density at radius 2 is 1.60 bits per heavy atom. The van der Waals surface area contributed by atoms with E-state index < -0.39 is 0 Å². The molecule has 1 aromatic heterocycles. The highest BCUT2D eigenvalue weighted by Crippen LogP contribution is 2.42. The van der Waals surface area contributed by atoms with Gasteiger partial charge in [-0.1, -0.05) is 48.5 Å². The minimum Gasteiger partial charge on any atom is -0.507 e. The molecule has 0 fully saturated rings. The van der Waals surface area contributed by atoms with Gasteiger partial charge in [0, 0.05) is 30.1 Å². The number of fused-ring (bicyclic) bond motifs is 2. The van der Waals surface area contributed by atoms with E-state index in [0.29, 0.717) is 6.42 Å². The first-order chi connectivity index (χ1) is 12.2. The highest BCUT2D eigenvalue weighted by atomic mass is 16.3. The quantitative estimate of drug-likeness (QED) is 0.573. The molecule has 0 bridgehead atoms. The molecule has 0 aliphatic carbocycles. The van der Waals surface area contributed by atoms with Gasteiger partial charge in [0.05, 0.1) is 5.69 Å². The van der Waals surface area contributed by atoms with Crippen molar-refractivity contribution in [2.75, 3.05) is 6.61 Å². The summed E-state index contributed by atoms with van der Waals surface area (Å²) in [6.07, 6.45) is 1.47. The van der Waals surface area contributed by atoms with Gasteiger partial charge in [0.1, 0.15) is 5.75 Å². The van der Waals surface area contributed by atoms with Gasteiger partial charge in [-0.3, -0.25) is 0 Å². The van der Waals surface area contributed by atoms with E-state index in [1.807, 2.05) is 37.4 Å². The van der Waals surface area contributed by atoms with E-state index in [4.69, 9.17) is 0 Å². The van der Waals surface area contributed by atoms with Crippen LogP contribution >= 0.6 is 0 Å². The highest BCUT2D eigenvalue weighted by Gasteiger charge is 2.20. The lowest BCUT2D eigenvalue weighted by atomic mass is 9.96. The molecule has 0 saturated carbocycles. The van der Waals surface area contributed by atoms with Gasteiger partial charge in [-0.25, -0.2) is 0 Å². The Morgan fingerprint density at radius 1 is 0.880 bits per heavy atom. The van der Waals surface area contributed by atoms with Crippen molar-refractivity contribution in [3.05, 3.63) is 66.2 Å². The SMILES string of the molecule is Cn1c(-c2c(O)ccc3ccccc23)c(CCCO)c2ccccc21. The van der Waals surface area contributed by atoms with Crippen LogP contribution in [0.4, 0.5) is 0 Å². The second-order valence-corrected chi connectivity index (χ2v) is 6.41. The van der Waals surface area contributed by atoms with Crippen LogP contribution < -0.4 is 0 Å². The predicted octanol–water partition coefficient (Wildman–Crippen LogP) is 4.63. The van der Waals surface area contributed by atoms with Gasteiger partial charge in [-0.05, 0) is 41.3 Å². The smallest absolute Gasteiger partial charge is 0.125 e. The molecule has 3 heteroatoms. The van der Waals surface area contributed by atoms with Crippen LogP contribution in [0, 0.1) is 0 Å². The molecule has 0 saturated heterocycles. The summed E-state index contributed by atoms with van der Waals surface area (Å²) >= 11 is 0. The molecular weight excluding hydrogens is 310 g/mol. The molecule has 0 spiro atoms. The zero-order chi connectivity index (χ0) is 17.4. The van der Waals surface area contributed by atoms with Gasteiger partial charge >= 0.3 is 0 Å². The van der Waals surface area contributed by atoms with Crippen molar-refractivity contribution in [3.63, 3.8) is 0 Å². The van der Waals surface area contributed by atoms with Crippen molar-refractivity contribution in [1.82, 2.24) is 4.57 Å². The fourth-order valence-corrected chi connectivity index (χ4v) is 3.81. The number of hydrogen-bond donors (Lipinski definition) is 2. The summed E-state index contributed by atoms with van der Waals surface area (Å²) in [4.78, 5) is 0. The first kappa shape index (κ1) is 15.7. The van der Waals surface area contributed by atoms with Gasteiger partial charge in [0.2, 0.25) is 0 Å². The Kier molecular flexibility index (Phi) is 3.94. The maximum atomic E-state index is 10.7. The predicted molar refractivity (Wildman–Crippen MR) is 103 cm³/mol. The van der Waals surface area contributed by atoms with Crippen molar-refractivity contribution in [2.45, 2.75) is 12.8 Å². The normalized spacial score (nSPS) is 11.4. The Balaban J connectivity index is 2.11. The molecular formula is C22H21NO2. The number of aromatic nitrogens is 1. The number of aliphatic hydroxyl groups is 1. The Bertz CT molecular complexity index is 1060. The number of aromatic hydroxyl groups is 1. The number of aliphatic hydroxyl groups excluding tert-OH is 1. The molecule has 0 amide bonds. The first-order valence-electron chi connectivity index (χ1n) is 8.60. The molecule has 0 unspecified atom stereocenters. The van der Waals surface area contributed by atoms with Crippen LogP contribution in [0.5, 0.6) is 5.75 Å². The molecule has 1 heterocycles. The van der Waals surface area contributed by atoms with Crippen LogP contribution in [0.1, 0.15) is 12.0 Å². The van der Waals surface area contributed by atoms with E-state index >= 15 is 0 Å². The molecule has 25 heavy (non-hydrogen) atoms. The fraction of sp³-hybridized carbons (Fsp3) is 0.182. The van der Waals surface area contributed by atoms with E-state index in [0.717, 1.165) is 34.0 Å². The van der Waals surface area contributed by atoms with Crippen LogP contribution in [-0.4, -0.2) is 21.4 Å². The molecule has 2 N–H and O–H groups in total. The molecule has 3 nitrogen and oxygen atoms in total. The van der Waals surface area contributed by atoms with Crippen LogP contribution in [0.15, 0.2) is 60.7 Å². The zero-order valence-corrected chi connectivity index (χ0v) is 14.2. The summed E-state index contributed by atoms with van der Waals surface area (Å²) in [6, 6.07) is 20.1. The van der Waals surface area contributed by atoms with Gasteiger partial charge in [-0.2, -0.15) is 0 Å². The highest BCUT2D eigenvalue weighted by molar-refractivity contribution is 6.03. The second-order valence-electron chi connectivity index (χ2n) is 6.41. The molecule has 0 aliphatic rings. The average Bonchev–Trinajstić information content (AvgIpc) is 2.92. The van der Waals surface area contributed by atoms with Gasteiger partial charge in [0.15, 0.2) is 0 Å². The lowest BCUT2D eigenvalue weighted by Crippen LogP contribution is -1.97. The number of aryl methyl sites for hydroxylation is 2. The minimum absolute atomic E-state index is 0.157. The maximum Gasteiger partial charge on any atom is 0.125 e. The molecule has 3 aromatic carbocycles. The van der Waals surface area contributed by atoms with Crippen molar-refractivity contribution < 1.29 is 10.2 Å². The van der Waals surface area contributed by atoms with Crippen LogP contribution in [0.3, 0.4) is 0 Å². The summed E-state index contributed by atoms with van der Waals surface area (Å²) in [6.45, 7) is 0.157. The number of phenolic OH excluding ortho intramolecular Hbond substituents is 1. The van der Waals surface area contributed by atoms with Crippen LogP contribution in [-0.2, 0) is 13.5 Å². The third-order valence-corrected chi connectivity index (χ3v) is 4.94. The largest absolute Gasteiger partial charge is 0.507 e. The van der Waals surface area contributed by atoms with Crippen LogP contribution in [0.2, 0.25) is 0 Å². The Morgan fingerprint density at radius 3 is 2.40 bits per heavy atom. The number of para-hydroxylation sites is 1. The molecule has 0 aliphatic heterocycles. The molecule has 0 atom stereocenters. The average molecular weight is 331 g/mol. The topological polar surface area (TPSA) is 45.4 Å². The van der Waals surface area contributed by atoms with E-state index in [1.165, 1.54) is 10.9 Å². The summed E-state index contributed by atoms with van der Waals surface area (Å²) in [5, 5.41) is 23.4. The first-order valence-corrected chi connectivity index (χ1v) is 8.60.